The summed E-state index contributed by atoms with van der Waals surface area (Å²) in [6.07, 6.45) is 24.8. The van der Waals surface area contributed by atoms with Crippen LogP contribution in [0.4, 0.5) is 0 Å². The molecule has 1 aliphatic heterocycles. The molecule has 0 fully saturated rings. The Labute approximate surface area is 169 Å². The first-order chi connectivity index (χ1) is 13.3. The second-order valence-corrected chi connectivity index (χ2v) is 8.15. The summed E-state index contributed by atoms with van der Waals surface area (Å²) >= 11 is 0. The number of allylic oxidation sites excluding steroid dienone is 2. The minimum absolute atomic E-state index is 0.100. The Balaban J connectivity index is 1.84. The Morgan fingerprint density at radius 2 is 1.41 bits per heavy atom. The summed E-state index contributed by atoms with van der Waals surface area (Å²) < 4.78 is 0. The van der Waals surface area contributed by atoms with Gasteiger partial charge in [0.25, 0.3) is 0 Å². The van der Waals surface area contributed by atoms with E-state index >= 15 is 0 Å². The number of aliphatic hydroxyl groups excluding tert-OH is 1. The van der Waals surface area contributed by atoms with Crippen molar-refractivity contribution in [3.05, 3.63) is 12.2 Å². The average molecular weight is 379 g/mol. The normalized spacial score (nSPS) is 17.2. The number of nitrogens with zero attached hydrogens (tertiary/aromatic N) is 2. The van der Waals surface area contributed by atoms with E-state index in [1.807, 2.05) is 0 Å². The van der Waals surface area contributed by atoms with E-state index in [4.69, 9.17) is 0 Å². The molecule has 0 bridgehead atoms. The molecule has 0 saturated heterocycles. The van der Waals surface area contributed by atoms with Crippen LogP contribution in [0.15, 0.2) is 17.1 Å². The molecule has 1 atom stereocenters. The summed E-state index contributed by atoms with van der Waals surface area (Å²) in [5.74, 6) is 0.912. The van der Waals surface area contributed by atoms with Crippen molar-refractivity contribution in [3.8, 4) is 0 Å². The number of amidine groups is 1. The van der Waals surface area contributed by atoms with E-state index in [1.165, 1.54) is 89.9 Å². The monoisotopic (exact) mass is 378 g/mol. The maximum absolute atomic E-state index is 9.41. The van der Waals surface area contributed by atoms with Crippen molar-refractivity contribution in [2.75, 3.05) is 19.7 Å². The summed E-state index contributed by atoms with van der Waals surface area (Å²) in [5.41, 5.74) is 0. The highest BCUT2D eigenvalue weighted by Gasteiger charge is 2.22. The molecule has 158 valence electrons. The standard InChI is InChI=1S/C24H46N2O/c1-3-5-6-7-8-9-10-11-12-13-14-15-16-17-18-19-20-26-21-23(4-2)25-24(26)22-27/h11-12,23,27H,3-10,13-22H2,1-2H3/b12-11-. The number of hydrogen-bond donors (Lipinski definition) is 1. The van der Waals surface area contributed by atoms with Gasteiger partial charge in [-0.3, -0.25) is 4.99 Å². The molecule has 1 aliphatic rings. The SMILES string of the molecule is CCCCCCCC/C=C\CCCCCCCCN1CC(CC)N=C1CO. The highest BCUT2D eigenvalue weighted by molar-refractivity contribution is 5.85. The predicted octanol–water partition coefficient (Wildman–Crippen LogP) is 6.51. The second kappa shape index (κ2) is 17.3. The highest BCUT2D eigenvalue weighted by atomic mass is 16.3. The molecule has 0 aromatic carbocycles. The highest BCUT2D eigenvalue weighted by Crippen LogP contribution is 2.14. The van der Waals surface area contributed by atoms with Crippen LogP contribution < -0.4 is 0 Å². The molecule has 1 rings (SSSR count). The number of aliphatic imine (C=N–C) groups is 1. The van der Waals surface area contributed by atoms with Crippen molar-refractivity contribution in [2.45, 2.75) is 116 Å². The molecule has 0 saturated carbocycles. The Hall–Kier alpha value is -0.830. The van der Waals surface area contributed by atoms with E-state index in [1.54, 1.807) is 0 Å². The molecule has 0 spiro atoms. The van der Waals surface area contributed by atoms with Crippen LogP contribution in [0.2, 0.25) is 0 Å². The molecule has 3 nitrogen and oxygen atoms in total. The van der Waals surface area contributed by atoms with E-state index in [0.717, 1.165) is 25.3 Å². The minimum Gasteiger partial charge on any atom is -0.388 e. The van der Waals surface area contributed by atoms with E-state index in [9.17, 15) is 5.11 Å². The van der Waals surface area contributed by atoms with Gasteiger partial charge >= 0.3 is 0 Å². The number of unbranched alkanes of at least 4 members (excludes halogenated alkanes) is 12. The largest absolute Gasteiger partial charge is 0.388 e. The minimum atomic E-state index is 0.100. The van der Waals surface area contributed by atoms with Gasteiger partial charge in [0.05, 0.1) is 6.04 Å². The predicted molar refractivity (Wildman–Crippen MR) is 120 cm³/mol. The maximum Gasteiger partial charge on any atom is 0.125 e. The van der Waals surface area contributed by atoms with Crippen LogP contribution in [0.3, 0.4) is 0 Å². The second-order valence-electron chi connectivity index (χ2n) is 8.15. The quantitative estimate of drug-likeness (QED) is 0.218. The van der Waals surface area contributed by atoms with Crippen LogP contribution in [0.1, 0.15) is 110 Å². The van der Waals surface area contributed by atoms with E-state index < -0.39 is 0 Å². The van der Waals surface area contributed by atoms with Crippen LogP contribution in [0.25, 0.3) is 0 Å². The van der Waals surface area contributed by atoms with E-state index in [-0.39, 0.29) is 6.61 Å². The zero-order chi connectivity index (χ0) is 19.6. The third-order valence-corrected chi connectivity index (χ3v) is 5.68. The molecule has 0 radical (unpaired) electrons. The average Bonchev–Trinajstić information content (AvgIpc) is 3.10. The van der Waals surface area contributed by atoms with Crippen molar-refractivity contribution in [3.63, 3.8) is 0 Å². The van der Waals surface area contributed by atoms with Gasteiger partial charge in [-0.1, -0.05) is 83.8 Å². The summed E-state index contributed by atoms with van der Waals surface area (Å²) in [6, 6.07) is 0.404. The summed E-state index contributed by atoms with van der Waals surface area (Å²) in [6.45, 7) is 6.63. The zero-order valence-corrected chi connectivity index (χ0v) is 18.3. The van der Waals surface area contributed by atoms with Gasteiger partial charge in [-0.05, 0) is 38.5 Å². The summed E-state index contributed by atoms with van der Waals surface area (Å²) in [7, 11) is 0. The third kappa shape index (κ3) is 12.3. The van der Waals surface area contributed by atoms with Gasteiger partial charge in [0, 0.05) is 13.1 Å². The molecular formula is C24H46N2O. The van der Waals surface area contributed by atoms with Crippen molar-refractivity contribution in [1.82, 2.24) is 4.90 Å². The Kier molecular flexibility index (Phi) is 15.5. The molecule has 0 amide bonds. The molecule has 0 aromatic heterocycles. The molecule has 0 aromatic rings. The van der Waals surface area contributed by atoms with Crippen LogP contribution in [-0.4, -0.2) is 41.6 Å². The van der Waals surface area contributed by atoms with Crippen molar-refractivity contribution in [1.29, 1.82) is 0 Å². The van der Waals surface area contributed by atoms with E-state index in [0.29, 0.717) is 6.04 Å². The van der Waals surface area contributed by atoms with Gasteiger partial charge in [0.1, 0.15) is 12.4 Å². The number of rotatable bonds is 18. The van der Waals surface area contributed by atoms with E-state index in [2.05, 4.69) is 35.9 Å². The summed E-state index contributed by atoms with van der Waals surface area (Å²) in [5, 5.41) is 9.41. The molecule has 1 N–H and O–H groups in total. The first-order valence-electron chi connectivity index (χ1n) is 11.9. The first-order valence-corrected chi connectivity index (χ1v) is 11.9. The molecular weight excluding hydrogens is 332 g/mol. The van der Waals surface area contributed by atoms with Crippen molar-refractivity contribution < 1.29 is 5.11 Å². The van der Waals surface area contributed by atoms with Gasteiger partial charge in [0.2, 0.25) is 0 Å². The topological polar surface area (TPSA) is 35.8 Å². The van der Waals surface area contributed by atoms with Gasteiger partial charge in [-0.25, -0.2) is 0 Å². The third-order valence-electron chi connectivity index (χ3n) is 5.68. The van der Waals surface area contributed by atoms with Crippen molar-refractivity contribution >= 4 is 5.84 Å². The molecule has 0 aliphatic carbocycles. The van der Waals surface area contributed by atoms with Crippen molar-refractivity contribution in [2.24, 2.45) is 4.99 Å². The molecule has 3 heteroatoms. The van der Waals surface area contributed by atoms with Crippen LogP contribution in [-0.2, 0) is 0 Å². The molecule has 1 unspecified atom stereocenters. The lowest BCUT2D eigenvalue weighted by Gasteiger charge is -2.19. The lowest BCUT2D eigenvalue weighted by molar-refractivity contribution is 0.323. The fourth-order valence-electron chi connectivity index (χ4n) is 3.82. The zero-order valence-electron chi connectivity index (χ0n) is 18.3. The Bertz CT molecular complexity index is 392. The fraction of sp³-hybridized carbons (Fsp3) is 0.875. The van der Waals surface area contributed by atoms with Gasteiger partial charge in [-0.15, -0.1) is 0 Å². The summed E-state index contributed by atoms with van der Waals surface area (Å²) in [4.78, 5) is 6.88. The Morgan fingerprint density at radius 3 is 1.96 bits per heavy atom. The lowest BCUT2D eigenvalue weighted by atomic mass is 10.1. The number of hydrogen-bond acceptors (Lipinski definition) is 3. The smallest absolute Gasteiger partial charge is 0.125 e. The number of aliphatic hydroxyl groups is 1. The maximum atomic E-state index is 9.41. The molecule has 1 heterocycles. The van der Waals surface area contributed by atoms with Crippen LogP contribution in [0, 0.1) is 0 Å². The Morgan fingerprint density at radius 1 is 0.852 bits per heavy atom. The van der Waals surface area contributed by atoms with Gasteiger partial charge in [-0.2, -0.15) is 0 Å². The fourth-order valence-corrected chi connectivity index (χ4v) is 3.82. The van der Waals surface area contributed by atoms with Gasteiger partial charge in [0.15, 0.2) is 0 Å². The first kappa shape index (κ1) is 24.2. The van der Waals surface area contributed by atoms with Crippen LogP contribution >= 0.6 is 0 Å². The van der Waals surface area contributed by atoms with Gasteiger partial charge < -0.3 is 10.0 Å². The molecule has 27 heavy (non-hydrogen) atoms. The lowest BCUT2D eigenvalue weighted by Crippen LogP contribution is -2.32. The van der Waals surface area contributed by atoms with Crippen LogP contribution in [0.5, 0.6) is 0 Å².